The number of hydrogen-bond acceptors (Lipinski definition) is 0. The summed E-state index contributed by atoms with van der Waals surface area (Å²) in [6, 6.07) is 26.2. The van der Waals surface area contributed by atoms with Gasteiger partial charge in [0.25, 0.3) is 0 Å². The van der Waals surface area contributed by atoms with Gasteiger partial charge in [-0.2, -0.15) is 0 Å². The highest BCUT2D eigenvalue weighted by Gasteiger charge is 2.37. The number of H-pyrrole nitrogens is 1. The molecule has 2 aliphatic carbocycles. The highest BCUT2D eigenvalue weighted by atomic mass is 14.7. The summed E-state index contributed by atoms with van der Waals surface area (Å²) in [6.07, 6.45) is 4.67. The summed E-state index contributed by atoms with van der Waals surface area (Å²) in [5, 5.41) is 4.02. The molecule has 6 rings (SSSR count). The molecule has 0 bridgehead atoms. The zero-order valence-corrected chi connectivity index (χ0v) is 16.1. The molecule has 0 radical (unpaired) electrons. The molecule has 1 nitrogen and oxygen atoms in total. The van der Waals surface area contributed by atoms with Crippen LogP contribution in [0.2, 0.25) is 0 Å². The van der Waals surface area contributed by atoms with Crippen LogP contribution in [0.4, 0.5) is 0 Å². The van der Waals surface area contributed by atoms with Crippen molar-refractivity contribution in [2.24, 2.45) is 0 Å². The fraction of sp³-hybridized carbons (Fsp3) is 0.111. The Balaban J connectivity index is 1.68. The van der Waals surface area contributed by atoms with Gasteiger partial charge in [-0.15, -0.1) is 0 Å². The standard InChI is InChI=1S/C27H21N/c1-27(2)25-20(16-24-26(27)21-10-6-7-11-23(21)28-24)14-19-13-12-18(15-22(19)25)17-8-4-3-5-9-17/h3-16,28H,1-2H3. The van der Waals surface area contributed by atoms with E-state index in [4.69, 9.17) is 0 Å². The van der Waals surface area contributed by atoms with Crippen molar-refractivity contribution >= 4 is 28.6 Å². The van der Waals surface area contributed by atoms with Crippen LogP contribution in [-0.4, -0.2) is 4.98 Å². The van der Waals surface area contributed by atoms with Crippen LogP contribution in [0, 0.1) is 0 Å². The van der Waals surface area contributed by atoms with E-state index < -0.39 is 0 Å². The predicted molar refractivity (Wildman–Crippen MR) is 118 cm³/mol. The topological polar surface area (TPSA) is 15.8 Å². The second-order valence-electron chi connectivity index (χ2n) is 8.37. The Bertz CT molecular complexity index is 1410. The summed E-state index contributed by atoms with van der Waals surface area (Å²) < 4.78 is 0. The van der Waals surface area contributed by atoms with Crippen LogP contribution < -0.4 is 10.4 Å². The highest BCUT2D eigenvalue weighted by Crippen LogP contribution is 2.47. The first-order valence-corrected chi connectivity index (χ1v) is 9.88. The van der Waals surface area contributed by atoms with Crippen LogP contribution in [-0.2, 0) is 5.41 Å². The van der Waals surface area contributed by atoms with Crippen molar-refractivity contribution in [3.63, 3.8) is 0 Å². The van der Waals surface area contributed by atoms with Crippen LogP contribution in [0.15, 0.2) is 78.4 Å². The number of rotatable bonds is 1. The van der Waals surface area contributed by atoms with Gasteiger partial charge in [0, 0.05) is 22.0 Å². The maximum absolute atomic E-state index is 3.64. The largest absolute Gasteiger partial charge is 0.355 e. The molecule has 1 heteroatoms. The molecule has 0 aliphatic heterocycles. The Morgan fingerprint density at radius 3 is 2.39 bits per heavy atom. The molecule has 0 atom stereocenters. The molecule has 2 aliphatic rings. The minimum atomic E-state index is -0.0594. The first-order chi connectivity index (χ1) is 13.6. The summed E-state index contributed by atoms with van der Waals surface area (Å²) in [5.74, 6) is 0. The Kier molecular flexibility index (Phi) is 3.01. The lowest BCUT2D eigenvalue weighted by atomic mass is 9.70. The number of hydrogen-bond donors (Lipinski definition) is 1. The minimum Gasteiger partial charge on any atom is -0.355 e. The Hall–Kier alpha value is -3.32. The van der Waals surface area contributed by atoms with Gasteiger partial charge >= 0.3 is 0 Å². The maximum atomic E-state index is 3.64. The minimum absolute atomic E-state index is 0.0594. The van der Waals surface area contributed by atoms with Crippen molar-refractivity contribution in [3.05, 3.63) is 100 Å². The van der Waals surface area contributed by atoms with E-state index in [2.05, 4.69) is 104 Å². The summed E-state index contributed by atoms with van der Waals surface area (Å²) in [7, 11) is 0. The number of fused-ring (bicyclic) bond motifs is 5. The molecule has 134 valence electrons. The van der Waals surface area contributed by atoms with Crippen LogP contribution in [0.1, 0.15) is 25.1 Å². The lowest BCUT2D eigenvalue weighted by molar-refractivity contribution is 0.691. The van der Waals surface area contributed by atoms with Gasteiger partial charge in [0.2, 0.25) is 0 Å². The van der Waals surface area contributed by atoms with Crippen molar-refractivity contribution in [1.82, 2.24) is 4.98 Å². The van der Waals surface area contributed by atoms with Gasteiger partial charge in [-0.1, -0.05) is 74.5 Å². The molecule has 0 saturated carbocycles. The molecule has 0 fully saturated rings. The Morgan fingerprint density at radius 2 is 1.54 bits per heavy atom. The van der Waals surface area contributed by atoms with Gasteiger partial charge < -0.3 is 4.98 Å². The van der Waals surface area contributed by atoms with E-state index in [1.54, 1.807) is 0 Å². The predicted octanol–water partition coefficient (Wildman–Crippen LogP) is 5.15. The lowest BCUT2D eigenvalue weighted by Gasteiger charge is -2.32. The van der Waals surface area contributed by atoms with Crippen molar-refractivity contribution in [1.29, 1.82) is 0 Å². The van der Waals surface area contributed by atoms with Crippen molar-refractivity contribution < 1.29 is 0 Å². The monoisotopic (exact) mass is 359 g/mol. The fourth-order valence-corrected chi connectivity index (χ4v) is 5.14. The molecule has 1 aromatic heterocycles. The van der Waals surface area contributed by atoms with Crippen LogP contribution in [0.5, 0.6) is 0 Å². The SMILES string of the molecule is CC1(C)C2=c3cc(-c4ccccc4)ccc3=CC2=Cc2[nH]c3ccccc3c21. The van der Waals surface area contributed by atoms with Gasteiger partial charge in [0.15, 0.2) is 0 Å². The second kappa shape index (κ2) is 5.36. The number of aromatic amines is 1. The molecule has 0 spiro atoms. The van der Waals surface area contributed by atoms with E-state index in [-0.39, 0.29) is 5.41 Å². The third-order valence-electron chi connectivity index (χ3n) is 6.31. The van der Waals surface area contributed by atoms with Crippen LogP contribution in [0.3, 0.4) is 0 Å². The van der Waals surface area contributed by atoms with E-state index in [1.807, 2.05) is 0 Å². The van der Waals surface area contributed by atoms with Gasteiger partial charge in [-0.3, -0.25) is 0 Å². The molecule has 1 N–H and O–H groups in total. The lowest BCUT2D eigenvalue weighted by Crippen LogP contribution is -2.31. The van der Waals surface area contributed by atoms with E-state index >= 15 is 0 Å². The van der Waals surface area contributed by atoms with Crippen molar-refractivity contribution in [2.75, 3.05) is 0 Å². The number of aromatic nitrogens is 1. The van der Waals surface area contributed by atoms with Gasteiger partial charge in [0.05, 0.1) is 0 Å². The smallest absolute Gasteiger partial charge is 0.0461 e. The Morgan fingerprint density at radius 1 is 0.750 bits per heavy atom. The molecule has 0 saturated heterocycles. The normalized spacial score (nSPS) is 16.2. The number of para-hydroxylation sites is 1. The molecular weight excluding hydrogens is 338 g/mol. The number of allylic oxidation sites excluding steroid dienone is 1. The second-order valence-corrected chi connectivity index (χ2v) is 8.37. The molecule has 0 amide bonds. The third kappa shape index (κ3) is 2.02. The fourth-order valence-electron chi connectivity index (χ4n) is 5.14. The van der Waals surface area contributed by atoms with Crippen LogP contribution in [0.25, 0.3) is 39.8 Å². The van der Waals surface area contributed by atoms with Crippen molar-refractivity contribution in [3.8, 4) is 11.1 Å². The summed E-state index contributed by atoms with van der Waals surface area (Å²) in [5.41, 5.74) is 9.14. The summed E-state index contributed by atoms with van der Waals surface area (Å²) >= 11 is 0. The zero-order chi connectivity index (χ0) is 18.9. The van der Waals surface area contributed by atoms with E-state index in [1.165, 1.54) is 54.9 Å². The molecule has 3 aromatic carbocycles. The van der Waals surface area contributed by atoms with Gasteiger partial charge in [0.1, 0.15) is 0 Å². The number of benzene rings is 3. The van der Waals surface area contributed by atoms with Crippen molar-refractivity contribution in [2.45, 2.75) is 19.3 Å². The molecule has 0 unspecified atom stereocenters. The van der Waals surface area contributed by atoms with Gasteiger partial charge in [-0.05, 0) is 62.6 Å². The molecular formula is C27H21N. The zero-order valence-electron chi connectivity index (χ0n) is 16.1. The molecule has 28 heavy (non-hydrogen) atoms. The summed E-state index contributed by atoms with van der Waals surface area (Å²) in [6.45, 7) is 4.74. The quantitative estimate of drug-likeness (QED) is 0.483. The van der Waals surface area contributed by atoms with E-state index in [0.717, 1.165) is 0 Å². The van der Waals surface area contributed by atoms with E-state index in [0.29, 0.717) is 0 Å². The average molecular weight is 359 g/mol. The van der Waals surface area contributed by atoms with Gasteiger partial charge in [-0.25, -0.2) is 0 Å². The first kappa shape index (κ1) is 15.7. The molecule has 4 aromatic rings. The van der Waals surface area contributed by atoms with E-state index in [9.17, 15) is 0 Å². The third-order valence-corrected chi connectivity index (χ3v) is 6.31. The Labute approximate surface area is 164 Å². The first-order valence-electron chi connectivity index (χ1n) is 9.88. The summed E-state index contributed by atoms with van der Waals surface area (Å²) in [4.78, 5) is 3.64. The number of nitrogens with one attached hydrogen (secondary N) is 1. The average Bonchev–Trinajstić information content (AvgIpc) is 3.26. The molecule has 1 heterocycles. The maximum Gasteiger partial charge on any atom is 0.0461 e. The van der Waals surface area contributed by atoms with Crippen LogP contribution >= 0.6 is 0 Å². The highest BCUT2D eigenvalue weighted by molar-refractivity contribution is 6.02.